The number of aliphatic hydroxyl groups is 1. The Labute approximate surface area is 159 Å². The van der Waals surface area contributed by atoms with Crippen molar-refractivity contribution in [2.45, 2.75) is 30.8 Å². The minimum Gasteiger partial charge on any atom is -0.487 e. The van der Waals surface area contributed by atoms with E-state index >= 15 is 0 Å². The van der Waals surface area contributed by atoms with Crippen LogP contribution in [-0.2, 0) is 15.8 Å². The highest BCUT2D eigenvalue weighted by Gasteiger charge is 2.43. The van der Waals surface area contributed by atoms with Gasteiger partial charge in [-0.25, -0.2) is 8.42 Å². The molecule has 26 heavy (non-hydrogen) atoms. The molecule has 2 aromatic carbocycles. The number of ether oxygens (including phenoxy) is 1. The highest BCUT2D eigenvalue weighted by molar-refractivity contribution is 7.88. The van der Waals surface area contributed by atoms with Gasteiger partial charge in [0.1, 0.15) is 17.5 Å². The van der Waals surface area contributed by atoms with E-state index in [1.54, 1.807) is 43.3 Å². The molecule has 1 heterocycles. The lowest BCUT2D eigenvalue weighted by molar-refractivity contribution is -0.0814. The summed E-state index contributed by atoms with van der Waals surface area (Å²) in [5.41, 5.74) is -0.575. The summed E-state index contributed by atoms with van der Waals surface area (Å²) in [4.78, 5) is 0. The van der Waals surface area contributed by atoms with Gasteiger partial charge in [0.05, 0.1) is 5.75 Å². The van der Waals surface area contributed by atoms with Gasteiger partial charge in [-0.2, -0.15) is 4.31 Å². The van der Waals surface area contributed by atoms with E-state index in [1.807, 2.05) is 18.2 Å². The van der Waals surface area contributed by atoms with E-state index < -0.39 is 21.7 Å². The van der Waals surface area contributed by atoms with Crippen LogP contribution in [0.1, 0.15) is 18.9 Å². The Morgan fingerprint density at radius 1 is 1.23 bits per heavy atom. The minimum atomic E-state index is -3.51. The summed E-state index contributed by atoms with van der Waals surface area (Å²) in [6, 6.07) is 16.0. The van der Waals surface area contributed by atoms with Crippen LogP contribution in [0, 0.1) is 0 Å². The molecule has 1 N–H and O–H groups in total. The monoisotopic (exact) mass is 395 g/mol. The molecule has 0 bridgehead atoms. The highest BCUT2D eigenvalue weighted by atomic mass is 35.5. The number of hydrogen-bond acceptors (Lipinski definition) is 4. The minimum absolute atomic E-state index is 0.00655. The van der Waals surface area contributed by atoms with Crippen molar-refractivity contribution in [1.29, 1.82) is 0 Å². The molecule has 0 aromatic heterocycles. The fourth-order valence-electron chi connectivity index (χ4n) is 3.11. The molecule has 0 radical (unpaired) electrons. The lowest BCUT2D eigenvalue weighted by atomic mass is 9.93. The largest absolute Gasteiger partial charge is 0.487 e. The van der Waals surface area contributed by atoms with E-state index in [-0.39, 0.29) is 12.3 Å². The van der Waals surface area contributed by atoms with Crippen molar-refractivity contribution in [2.75, 3.05) is 13.1 Å². The van der Waals surface area contributed by atoms with Crippen LogP contribution in [0.4, 0.5) is 0 Å². The number of sulfonamides is 1. The van der Waals surface area contributed by atoms with Crippen molar-refractivity contribution >= 4 is 21.6 Å². The number of rotatable bonds is 5. The van der Waals surface area contributed by atoms with E-state index in [4.69, 9.17) is 16.3 Å². The first-order valence-corrected chi connectivity index (χ1v) is 10.4. The Bertz CT molecular complexity index is 855. The SMILES string of the molecule is C[C@]1(O)CN(S(=O)(=O)Cc2ccccc2)CC[C@@H]1Oc1cccc(Cl)c1. The van der Waals surface area contributed by atoms with Crippen molar-refractivity contribution < 1.29 is 18.3 Å². The molecule has 0 saturated carbocycles. The van der Waals surface area contributed by atoms with Gasteiger partial charge in [-0.15, -0.1) is 0 Å². The lowest BCUT2D eigenvalue weighted by Gasteiger charge is -2.41. The Kier molecular flexibility index (Phi) is 5.58. The van der Waals surface area contributed by atoms with Gasteiger partial charge in [-0.3, -0.25) is 0 Å². The molecule has 5 nitrogen and oxygen atoms in total. The van der Waals surface area contributed by atoms with E-state index in [1.165, 1.54) is 4.31 Å². The molecular formula is C19H22ClNO4S. The van der Waals surface area contributed by atoms with Gasteiger partial charge in [0, 0.05) is 24.5 Å². The third kappa shape index (κ3) is 4.57. The van der Waals surface area contributed by atoms with Gasteiger partial charge in [0.25, 0.3) is 0 Å². The van der Waals surface area contributed by atoms with Gasteiger partial charge < -0.3 is 9.84 Å². The molecule has 0 amide bonds. The molecule has 2 atom stereocenters. The van der Waals surface area contributed by atoms with Crippen molar-refractivity contribution in [3.63, 3.8) is 0 Å². The van der Waals surface area contributed by atoms with Crippen molar-refractivity contribution in [3.05, 3.63) is 65.2 Å². The van der Waals surface area contributed by atoms with Gasteiger partial charge in [-0.05, 0) is 30.7 Å². The summed E-state index contributed by atoms with van der Waals surface area (Å²) >= 11 is 5.96. The number of nitrogens with zero attached hydrogens (tertiary/aromatic N) is 1. The number of hydrogen-bond donors (Lipinski definition) is 1. The zero-order valence-electron chi connectivity index (χ0n) is 14.5. The Morgan fingerprint density at radius 3 is 2.62 bits per heavy atom. The van der Waals surface area contributed by atoms with Crippen LogP contribution in [0.15, 0.2) is 54.6 Å². The zero-order chi connectivity index (χ0) is 18.8. The number of halogens is 1. The average molecular weight is 396 g/mol. The van der Waals surface area contributed by atoms with Crippen LogP contribution in [0.25, 0.3) is 0 Å². The Balaban J connectivity index is 1.69. The molecule has 0 spiro atoms. The number of β-amino-alcohol motifs (C(OH)–C–C–N with tert-alkyl or cyclic N) is 1. The van der Waals surface area contributed by atoms with Crippen molar-refractivity contribution in [3.8, 4) is 5.75 Å². The van der Waals surface area contributed by atoms with E-state index in [0.717, 1.165) is 5.56 Å². The summed E-state index contributed by atoms with van der Waals surface area (Å²) < 4.78 is 32.6. The first-order chi connectivity index (χ1) is 12.3. The van der Waals surface area contributed by atoms with Crippen LogP contribution in [0.5, 0.6) is 5.75 Å². The normalized spacial score (nSPS) is 24.3. The third-order valence-electron chi connectivity index (χ3n) is 4.49. The first kappa shape index (κ1) is 19.2. The van der Waals surface area contributed by atoms with E-state index in [2.05, 4.69) is 0 Å². The van der Waals surface area contributed by atoms with Gasteiger partial charge in [-0.1, -0.05) is 48.0 Å². The van der Waals surface area contributed by atoms with E-state index in [0.29, 0.717) is 23.7 Å². The smallest absolute Gasteiger partial charge is 0.218 e. The molecule has 3 rings (SSSR count). The molecular weight excluding hydrogens is 374 g/mol. The van der Waals surface area contributed by atoms with Gasteiger partial charge >= 0.3 is 0 Å². The van der Waals surface area contributed by atoms with Gasteiger partial charge in [0.2, 0.25) is 10.0 Å². The van der Waals surface area contributed by atoms with Crippen LogP contribution in [-0.4, -0.2) is 42.6 Å². The summed E-state index contributed by atoms with van der Waals surface area (Å²) in [6.07, 6.45) is -0.114. The average Bonchev–Trinajstić information content (AvgIpc) is 2.57. The highest BCUT2D eigenvalue weighted by Crippen LogP contribution is 2.29. The number of benzene rings is 2. The molecule has 1 fully saturated rings. The lowest BCUT2D eigenvalue weighted by Crippen LogP contribution is -2.58. The second kappa shape index (κ2) is 7.56. The van der Waals surface area contributed by atoms with Crippen LogP contribution in [0.2, 0.25) is 5.02 Å². The Morgan fingerprint density at radius 2 is 1.96 bits per heavy atom. The number of piperidine rings is 1. The van der Waals surface area contributed by atoms with Crippen molar-refractivity contribution in [2.24, 2.45) is 0 Å². The fraction of sp³-hybridized carbons (Fsp3) is 0.368. The van der Waals surface area contributed by atoms with Crippen molar-refractivity contribution in [1.82, 2.24) is 4.31 Å². The zero-order valence-corrected chi connectivity index (χ0v) is 16.1. The predicted molar refractivity (Wildman–Crippen MR) is 102 cm³/mol. The quantitative estimate of drug-likeness (QED) is 0.844. The molecule has 2 aromatic rings. The van der Waals surface area contributed by atoms with Crippen LogP contribution < -0.4 is 4.74 Å². The molecule has 0 unspecified atom stereocenters. The maximum Gasteiger partial charge on any atom is 0.218 e. The third-order valence-corrected chi connectivity index (χ3v) is 6.52. The second-order valence-electron chi connectivity index (χ2n) is 6.79. The Hall–Kier alpha value is -1.60. The molecule has 7 heteroatoms. The maximum atomic E-state index is 12.7. The van der Waals surface area contributed by atoms with Crippen LogP contribution in [0.3, 0.4) is 0 Å². The molecule has 1 aliphatic heterocycles. The molecule has 140 valence electrons. The summed E-state index contributed by atoms with van der Waals surface area (Å²) in [5, 5.41) is 11.3. The summed E-state index contributed by atoms with van der Waals surface area (Å²) in [6.45, 7) is 1.90. The molecule has 0 aliphatic carbocycles. The molecule has 1 saturated heterocycles. The maximum absolute atomic E-state index is 12.7. The van der Waals surface area contributed by atoms with Gasteiger partial charge in [0.15, 0.2) is 0 Å². The van der Waals surface area contributed by atoms with Crippen LogP contribution >= 0.6 is 11.6 Å². The predicted octanol–water partition coefficient (Wildman–Crippen LogP) is 3.07. The second-order valence-corrected chi connectivity index (χ2v) is 9.19. The fourth-order valence-corrected chi connectivity index (χ4v) is 4.93. The summed E-state index contributed by atoms with van der Waals surface area (Å²) in [5.74, 6) is 0.479. The molecule has 1 aliphatic rings. The first-order valence-electron chi connectivity index (χ1n) is 8.43. The topological polar surface area (TPSA) is 66.8 Å². The summed E-state index contributed by atoms with van der Waals surface area (Å²) in [7, 11) is -3.51. The standard InChI is InChI=1S/C19H22ClNO4S/c1-19(22)14-21(26(23,24)13-15-6-3-2-4-7-15)11-10-18(19)25-17-9-5-8-16(20)12-17/h2-9,12,18,22H,10-11,13-14H2,1H3/t18-,19-/m0/s1. The van der Waals surface area contributed by atoms with E-state index in [9.17, 15) is 13.5 Å².